The average molecular weight is 2050 g/mol. The van der Waals surface area contributed by atoms with Gasteiger partial charge >= 0.3 is 50.7 Å². The number of benzene rings is 4. The summed E-state index contributed by atoms with van der Waals surface area (Å²) < 4.78 is 128. The second-order valence-electron chi connectivity index (χ2n) is 33.3. The molecular formula is C88H97Cl3N13O24PS6. The van der Waals surface area contributed by atoms with E-state index in [1.165, 1.54) is 95.8 Å². The molecule has 0 radical (unpaired) electrons. The first-order valence-corrected chi connectivity index (χ1v) is 52.2. The van der Waals surface area contributed by atoms with Crippen molar-refractivity contribution in [3.8, 4) is 5.75 Å². The minimum atomic E-state index is -4.75. The number of aromatic nitrogens is 6. The minimum absolute atomic E-state index is 0.0815. The van der Waals surface area contributed by atoms with Crippen LogP contribution in [0, 0.1) is 37.5 Å². The monoisotopic (exact) mass is 2050 g/mol. The molecule has 14 N–H and O–H groups in total. The van der Waals surface area contributed by atoms with Crippen LogP contribution in [-0.4, -0.2) is 181 Å². The van der Waals surface area contributed by atoms with E-state index in [0.717, 1.165) is 79.1 Å². The number of esters is 2. The molecule has 9 heterocycles. The van der Waals surface area contributed by atoms with Crippen LogP contribution in [0.15, 0.2) is 140 Å². The maximum Gasteiger partial charge on any atom is 0.524 e. The number of halogens is 3. The van der Waals surface area contributed by atoms with Gasteiger partial charge in [-0.25, -0.2) is 49.9 Å². The van der Waals surface area contributed by atoms with Crippen molar-refractivity contribution in [2.45, 2.75) is 159 Å². The molecule has 3 unspecified atom stereocenters. The molecule has 10 aromatic rings. The van der Waals surface area contributed by atoms with Crippen molar-refractivity contribution >= 4 is 154 Å². The summed E-state index contributed by atoms with van der Waals surface area (Å²) >= 11 is 23.1. The Labute approximate surface area is 804 Å². The van der Waals surface area contributed by atoms with E-state index in [4.69, 9.17) is 97.8 Å². The van der Waals surface area contributed by atoms with Gasteiger partial charge in [0.1, 0.15) is 78.7 Å². The third kappa shape index (κ3) is 26.6. The van der Waals surface area contributed by atoms with E-state index in [1.807, 2.05) is 106 Å². The summed E-state index contributed by atoms with van der Waals surface area (Å²) in [7, 11) is -17.3. The van der Waals surface area contributed by atoms with Crippen LogP contribution < -0.4 is 41.6 Å². The van der Waals surface area contributed by atoms with Crippen LogP contribution in [-0.2, 0) is 107 Å². The number of hydrogen-bond donors (Lipinski definition) is 10. The first-order chi connectivity index (χ1) is 64.1. The van der Waals surface area contributed by atoms with Gasteiger partial charge in [0, 0.05) is 97.7 Å². The molecule has 0 spiro atoms. The van der Waals surface area contributed by atoms with Crippen molar-refractivity contribution in [1.82, 2.24) is 29.9 Å². The van der Waals surface area contributed by atoms with E-state index in [0.29, 0.717) is 98.8 Å². The highest BCUT2D eigenvalue weighted by atomic mass is 35.5. The molecule has 3 fully saturated rings. The van der Waals surface area contributed by atoms with Crippen LogP contribution in [0.5, 0.6) is 5.75 Å². The maximum atomic E-state index is 14.0. The summed E-state index contributed by atoms with van der Waals surface area (Å²) in [6, 6.07) is 26.5. The van der Waals surface area contributed by atoms with Crippen LogP contribution in [0.4, 0.5) is 17.5 Å². The Bertz CT molecular complexity index is 6440. The number of nitrogens with one attached hydrogen (secondary N) is 3. The van der Waals surface area contributed by atoms with Crippen LogP contribution in [0.25, 0.3) is 0 Å². The van der Waals surface area contributed by atoms with Gasteiger partial charge in [-0.15, -0.1) is 34.0 Å². The third-order valence-corrected chi connectivity index (χ3v) is 29.7. The lowest BCUT2D eigenvalue weighted by Crippen LogP contribution is -2.41. The van der Waals surface area contributed by atoms with Gasteiger partial charge in [0.05, 0.1) is 83.5 Å². The summed E-state index contributed by atoms with van der Waals surface area (Å²) in [6.45, 7) is 8.47. The van der Waals surface area contributed by atoms with Crippen LogP contribution in [0.1, 0.15) is 188 Å². The SMILES string of the molecule is CC[C@H](C)[C@H](N)C(=O)O[C@H]1C[C@H](Nc2ncncc2C(=O)c2cc(C3OCCc4ccc(Cl)cc43)c(C)s2)C[C@@H]1COS(N)(=O)=O.Cc1sc(C(=O)c2cncnc2N[C@@H]2C[C@H](COS(N)(=O)=O)[C@@H](OC(=O)Cc3ccc(OP(=O)(O)O)cc3)C2)cc1C1OCCc2ccc(Cl)cc21.NS(=O)(=O)OC[C@H]1C[C@@H](Nc2ncncc2C(=O)c2cc(C3OCCc4cccc(Cl)c43)cs2)C[C@@H]1O. The summed E-state index contributed by atoms with van der Waals surface area (Å²) in [4.78, 5) is 114. The Morgan fingerprint density at radius 3 is 1.47 bits per heavy atom. The second kappa shape index (κ2) is 44.3. The number of aryl methyl sites for hydroxylation is 2. The van der Waals surface area contributed by atoms with Gasteiger partial charge in [-0.3, -0.25) is 46.3 Å². The summed E-state index contributed by atoms with van der Waals surface area (Å²) in [6.07, 6.45) is 9.69. The number of ether oxygens (including phenoxy) is 5. The Morgan fingerprint density at radius 1 is 0.556 bits per heavy atom. The van der Waals surface area contributed by atoms with Crippen molar-refractivity contribution in [2.24, 2.45) is 44.8 Å². The van der Waals surface area contributed by atoms with Gasteiger partial charge in [-0.1, -0.05) is 91.5 Å². The molecule has 6 aliphatic rings. The highest BCUT2D eigenvalue weighted by Crippen LogP contribution is 2.46. The van der Waals surface area contributed by atoms with Crippen molar-refractivity contribution in [3.63, 3.8) is 0 Å². The predicted octanol–water partition coefficient (Wildman–Crippen LogP) is 11.4. The second-order valence-corrected chi connectivity index (χ2v) is 42.8. The Morgan fingerprint density at radius 2 is 1.00 bits per heavy atom. The normalized spacial score (nSPS) is 21.9. The van der Waals surface area contributed by atoms with E-state index in [2.05, 4.69) is 54.6 Å². The van der Waals surface area contributed by atoms with E-state index in [-0.39, 0.29) is 121 Å². The molecule has 135 heavy (non-hydrogen) atoms. The fourth-order valence-electron chi connectivity index (χ4n) is 17.1. The largest absolute Gasteiger partial charge is 0.524 e. The number of carbonyl (C=O) groups excluding carboxylic acids is 5. The van der Waals surface area contributed by atoms with Crippen LogP contribution >= 0.6 is 76.6 Å². The Kier molecular flexibility index (Phi) is 33.4. The van der Waals surface area contributed by atoms with Crippen molar-refractivity contribution in [1.29, 1.82) is 0 Å². The zero-order chi connectivity index (χ0) is 96.5. The Balaban J connectivity index is 0.000000164. The molecule has 0 bridgehead atoms. The lowest BCUT2D eigenvalue weighted by atomic mass is 9.93. The number of phosphoric ester groups is 1. The quantitative estimate of drug-likeness (QED) is 0.0104. The standard InChI is InChI=1S/C33H34ClN4O11PS2.C31H38ClN5O7S2.C24H25ClN4O6S2/c1-18-25(32-26-12-22(34)5-4-20(26)8-9-46-32)14-29(51-18)31(40)27-15-36-17-37-33(27)38-23-11-21(16-47-52(35,44)45)28(13-23)48-30(39)10-19-2-6-24(7-3-19)49-50(41,42)43;1-4-16(2)27(33)31(39)44-25-11-21(9-19(25)14-43-46(34,40)41)37-30-24(13-35-15-36-30)28(38)26-12-22(17(3)45-26)29-23-10-20(32)6-5-18(23)7-8-42-29;25-18-3-1-2-13-4-5-34-23(21(13)18)15-7-20(36-11-15)22(31)17-9-27-12-28-24(17)29-16-6-14(19(30)8-16)10-35-37(26,32)33/h2-7,12,14-15,17,21,23,28,32H,8-11,13,16H2,1H3,(H2,35,44,45)(H,36,37,38)(H2,41,42,43);5-6,10,12-13,15-16,19,21,25,27,29H,4,7-9,11,14,33H2,1-3H3,(H2,34,40,41)(H,35,36,37);1-3,7,9,11-12,14,16,19,23,30H,4-6,8,10H2,(H2,26,32,33)(H,27,28,29)/t21-,23-,28+,32?;16-,19+,21+,25-,27-,29?;14-,16-,19+,23?/m101/s1. The Hall–Kier alpha value is -9.20. The minimum Gasteiger partial charge on any atom is -0.462 e. The number of aliphatic hydroxyl groups excluding tert-OH is 1. The number of phosphoric acid groups is 1. The molecule has 720 valence electrons. The number of rotatable bonds is 33. The molecule has 3 aliphatic carbocycles. The molecule has 3 saturated carbocycles. The topological polar surface area (TPSA) is 566 Å². The van der Waals surface area contributed by atoms with Gasteiger partial charge in [0.25, 0.3) is 0 Å². The number of nitrogens with two attached hydrogens (primary N) is 4. The maximum absolute atomic E-state index is 14.0. The summed E-state index contributed by atoms with van der Waals surface area (Å²) in [5.74, 6) is -2.84. The van der Waals surface area contributed by atoms with E-state index >= 15 is 0 Å². The van der Waals surface area contributed by atoms with Crippen molar-refractivity contribution in [2.75, 3.05) is 55.6 Å². The zero-order valence-corrected chi connectivity index (χ0v) is 80.9. The molecule has 16 rings (SSSR count). The zero-order valence-electron chi connectivity index (χ0n) is 72.8. The summed E-state index contributed by atoms with van der Waals surface area (Å²) in [5.41, 5.74) is 16.3. The number of carbonyl (C=O) groups is 5. The van der Waals surface area contributed by atoms with E-state index in [9.17, 15) is 58.9 Å². The number of hydrogen-bond acceptors (Lipinski definition) is 35. The first-order valence-electron chi connectivity index (χ1n) is 42.7. The lowest BCUT2D eigenvalue weighted by molar-refractivity contribution is -0.154. The number of thiophene rings is 3. The highest BCUT2D eigenvalue weighted by Gasteiger charge is 2.43. The fraction of sp³-hybridized carbons (Fsp3) is 0.398. The van der Waals surface area contributed by atoms with Crippen molar-refractivity contribution in [3.05, 3.63) is 252 Å². The van der Waals surface area contributed by atoms with E-state index < -0.39 is 98.8 Å². The molecule has 47 heteroatoms. The number of fused-ring (bicyclic) bond motifs is 3. The average Bonchev–Trinajstić information content (AvgIpc) is 1.72. The van der Waals surface area contributed by atoms with Gasteiger partial charge in [0.2, 0.25) is 17.3 Å². The van der Waals surface area contributed by atoms with Crippen LogP contribution in [0.3, 0.4) is 0 Å². The molecular weight excluding hydrogens is 1950 g/mol. The van der Waals surface area contributed by atoms with Crippen molar-refractivity contribution < 1.29 is 109 Å². The molecule has 4 aromatic carbocycles. The predicted molar refractivity (Wildman–Crippen MR) is 501 cm³/mol. The number of aliphatic hydroxyl groups is 1. The summed E-state index contributed by atoms with van der Waals surface area (Å²) in [5, 5.41) is 38.9. The smallest absolute Gasteiger partial charge is 0.462 e. The number of ketones is 3. The third-order valence-electron chi connectivity index (χ3n) is 24.0. The van der Waals surface area contributed by atoms with Crippen LogP contribution in [0.2, 0.25) is 15.1 Å². The molecule has 0 saturated heterocycles. The van der Waals surface area contributed by atoms with Gasteiger partial charge in [-0.05, 0) is 181 Å². The molecule has 14 atom stereocenters. The van der Waals surface area contributed by atoms with Gasteiger partial charge in [0.15, 0.2) is 0 Å². The van der Waals surface area contributed by atoms with E-state index in [1.54, 1.807) is 0 Å². The fourth-order valence-corrected chi connectivity index (χ4v) is 22.1. The number of anilines is 3. The lowest BCUT2D eigenvalue weighted by Gasteiger charge is -2.26. The molecule has 37 nitrogen and oxygen atoms in total. The highest BCUT2D eigenvalue weighted by molar-refractivity contribution is 7.84. The molecule has 0 amide bonds. The molecule has 3 aliphatic heterocycles. The first kappa shape index (κ1) is 102. The van der Waals surface area contributed by atoms with Gasteiger partial charge in [-0.2, -0.15) is 25.3 Å². The number of nitrogens with zero attached hydrogens (tertiary/aromatic N) is 6. The molecule has 6 aromatic heterocycles. The van der Waals surface area contributed by atoms with Gasteiger partial charge < -0.3 is 55.0 Å².